The Bertz CT molecular complexity index is 418. The zero-order valence-corrected chi connectivity index (χ0v) is 5.34. The fourth-order valence-electron chi connectivity index (χ4n) is 0.563. The maximum Gasteiger partial charge on any atom is 0.325 e. The topological polar surface area (TPSA) is 85.9 Å². The molecule has 56 valence electrons. The Balaban J connectivity index is 3.39. The summed E-state index contributed by atoms with van der Waals surface area (Å²) in [6, 6.07) is 0. The molecule has 11 heavy (non-hydrogen) atoms. The van der Waals surface area contributed by atoms with Crippen LogP contribution in [0.1, 0.15) is 5.56 Å². The van der Waals surface area contributed by atoms with Gasteiger partial charge in [0, 0.05) is 6.20 Å². The van der Waals surface area contributed by atoms with Crippen molar-refractivity contribution in [3.63, 3.8) is 0 Å². The molecule has 1 aromatic rings. The third-order valence-electron chi connectivity index (χ3n) is 1.01. The van der Waals surface area contributed by atoms with Crippen molar-refractivity contribution < 1.29 is 5.11 Å². The van der Waals surface area contributed by atoms with E-state index in [0.717, 1.165) is 6.20 Å². The number of hydrogen-bond acceptors (Lipinski definition) is 3. The second-order valence-electron chi connectivity index (χ2n) is 1.72. The van der Waals surface area contributed by atoms with Crippen LogP contribution < -0.4 is 11.2 Å². The van der Waals surface area contributed by atoms with E-state index >= 15 is 0 Å². The number of aromatic nitrogens is 2. The van der Waals surface area contributed by atoms with E-state index in [1.165, 1.54) is 0 Å². The average Bonchev–Trinajstić information content (AvgIpc) is 1.95. The summed E-state index contributed by atoms with van der Waals surface area (Å²) in [4.78, 5) is 25.3. The highest BCUT2D eigenvalue weighted by Gasteiger charge is 1.93. The van der Waals surface area contributed by atoms with E-state index in [1.807, 2.05) is 4.98 Å². The molecule has 0 amide bonds. The number of aliphatic hydroxyl groups is 1. The Morgan fingerprint density at radius 1 is 1.45 bits per heavy atom. The van der Waals surface area contributed by atoms with Gasteiger partial charge in [-0.05, 0) is 5.92 Å². The van der Waals surface area contributed by atoms with Crippen LogP contribution in [0.5, 0.6) is 0 Å². The second-order valence-corrected chi connectivity index (χ2v) is 1.72. The summed E-state index contributed by atoms with van der Waals surface area (Å²) in [6.07, 6.45) is 2.68. The van der Waals surface area contributed by atoms with Crippen molar-refractivity contribution in [2.75, 3.05) is 0 Å². The predicted octanol–water partition coefficient (Wildman–Crippen LogP) is -1.26. The molecular formula is C6H4N2O3. The van der Waals surface area contributed by atoms with Crippen LogP contribution in [0.25, 0.3) is 0 Å². The molecule has 0 saturated carbocycles. The molecule has 3 N–H and O–H groups in total. The second kappa shape index (κ2) is 2.75. The maximum absolute atomic E-state index is 10.7. The third-order valence-corrected chi connectivity index (χ3v) is 1.01. The van der Waals surface area contributed by atoms with Crippen molar-refractivity contribution in [2.45, 2.75) is 0 Å². The van der Waals surface area contributed by atoms with Crippen LogP contribution >= 0.6 is 0 Å². The molecule has 5 nitrogen and oxygen atoms in total. The Kier molecular flexibility index (Phi) is 1.79. The molecule has 0 aliphatic rings. The van der Waals surface area contributed by atoms with E-state index < -0.39 is 11.2 Å². The number of H-pyrrole nitrogens is 2. The lowest BCUT2D eigenvalue weighted by molar-refractivity contribution is 0.517. The van der Waals surface area contributed by atoms with Gasteiger partial charge in [0.05, 0.1) is 0 Å². The van der Waals surface area contributed by atoms with Gasteiger partial charge in [-0.25, -0.2) is 4.79 Å². The lowest BCUT2D eigenvalue weighted by Crippen LogP contribution is -2.23. The fourth-order valence-corrected chi connectivity index (χ4v) is 0.563. The van der Waals surface area contributed by atoms with Gasteiger partial charge in [-0.15, -0.1) is 0 Å². The van der Waals surface area contributed by atoms with Gasteiger partial charge in [0.25, 0.3) is 5.56 Å². The molecule has 0 fully saturated rings. The van der Waals surface area contributed by atoms with Crippen LogP contribution in [0.4, 0.5) is 0 Å². The van der Waals surface area contributed by atoms with Crippen LogP contribution in [0.15, 0.2) is 15.8 Å². The first kappa shape index (κ1) is 7.15. The zero-order chi connectivity index (χ0) is 8.27. The summed E-state index contributed by atoms with van der Waals surface area (Å²) >= 11 is 0. The standard InChI is InChI=1S/C6H4N2O3/c9-2-1-4-3-7-6(11)8-5(4)10/h3,9H,(H2,7,8,10,11). The monoisotopic (exact) mass is 152 g/mol. The highest BCUT2D eigenvalue weighted by molar-refractivity contribution is 5.26. The van der Waals surface area contributed by atoms with Crippen molar-refractivity contribution in [1.82, 2.24) is 9.97 Å². The van der Waals surface area contributed by atoms with E-state index in [9.17, 15) is 9.59 Å². The molecule has 1 aromatic heterocycles. The lowest BCUT2D eigenvalue weighted by Gasteiger charge is -1.84. The van der Waals surface area contributed by atoms with Crippen molar-refractivity contribution in [1.29, 1.82) is 0 Å². The minimum Gasteiger partial charge on any atom is -0.462 e. The molecule has 0 bridgehead atoms. The molecule has 0 radical (unpaired) electrons. The van der Waals surface area contributed by atoms with Crippen LogP contribution in [-0.4, -0.2) is 15.1 Å². The van der Waals surface area contributed by atoms with Crippen molar-refractivity contribution >= 4 is 0 Å². The van der Waals surface area contributed by atoms with E-state index in [1.54, 1.807) is 6.11 Å². The van der Waals surface area contributed by atoms with Gasteiger partial charge in [-0.2, -0.15) is 0 Å². The first-order valence-corrected chi connectivity index (χ1v) is 2.71. The van der Waals surface area contributed by atoms with E-state index in [-0.39, 0.29) is 5.56 Å². The first-order chi connectivity index (χ1) is 5.24. The summed E-state index contributed by atoms with van der Waals surface area (Å²) in [5.74, 6) is 2.09. The maximum atomic E-state index is 10.7. The van der Waals surface area contributed by atoms with E-state index in [4.69, 9.17) is 5.11 Å². The van der Waals surface area contributed by atoms with Crippen LogP contribution in [0.3, 0.4) is 0 Å². The smallest absolute Gasteiger partial charge is 0.325 e. The van der Waals surface area contributed by atoms with E-state index in [2.05, 4.69) is 10.9 Å². The molecule has 0 aliphatic heterocycles. The van der Waals surface area contributed by atoms with Gasteiger partial charge in [0.1, 0.15) is 11.7 Å². The molecule has 0 spiro atoms. The molecule has 5 heteroatoms. The molecule has 0 saturated heterocycles. The SMILES string of the molecule is O=c1[nH]cc(C#CO)c(=O)[nH]1. The molecule has 1 rings (SSSR count). The van der Waals surface area contributed by atoms with Gasteiger partial charge < -0.3 is 10.1 Å². The summed E-state index contributed by atoms with van der Waals surface area (Å²) < 4.78 is 0. The third kappa shape index (κ3) is 1.49. The Labute approximate surface area is 60.7 Å². The van der Waals surface area contributed by atoms with Crippen molar-refractivity contribution in [3.05, 3.63) is 32.6 Å². The Morgan fingerprint density at radius 2 is 2.18 bits per heavy atom. The van der Waals surface area contributed by atoms with Crippen molar-refractivity contribution in [2.24, 2.45) is 0 Å². The van der Waals surface area contributed by atoms with Gasteiger partial charge in [0.15, 0.2) is 0 Å². The summed E-state index contributed by atoms with van der Waals surface area (Å²) in [7, 11) is 0. The van der Waals surface area contributed by atoms with Crippen molar-refractivity contribution in [3.8, 4) is 12.0 Å². The van der Waals surface area contributed by atoms with Crippen LogP contribution in [0.2, 0.25) is 0 Å². The van der Waals surface area contributed by atoms with Gasteiger partial charge in [-0.1, -0.05) is 0 Å². The molecular weight excluding hydrogens is 148 g/mol. The highest BCUT2D eigenvalue weighted by atomic mass is 16.2. The number of hydrogen-bond donors (Lipinski definition) is 3. The zero-order valence-electron chi connectivity index (χ0n) is 5.34. The van der Waals surface area contributed by atoms with Gasteiger partial charge >= 0.3 is 5.69 Å². The number of aliphatic hydroxyl groups excluding tert-OH is 1. The Morgan fingerprint density at radius 3 is 2.73 bits per heavy atom. The van der Waals surface area contributed by atoms with Crippen LogP contribution in [-0.2, 0) is 0 Å². The molecule has 0 atom stereocenters. The minimum atomic E-state index is -0.615. The minimum absolute atomic E-state index is 0.0205. The normalized spacial score (nSPS) is 8.36. The summed E-state index contributed by atoms with van der Waals surface area (Å²) in [6.45, 7) is 0. The average molecular weight is 152 g/mol. The molecule has 0 aliphatic carbocycles. The van der Waals surface area contributed by atoms with Crippen LogP contribution in [0, 0.1) is 12.0 Å². The van der Waals surface area contributed by atoms with E-state index in [0.29, 0.717) is 0 Å². The van der Waals surface area contributed by atoms with Gasteiger partial charge in [-0.3, -0.25) is 9.78 Å². The first-order valence-electron chi connectivity index (χ1n) is 2.71. The fraction of sp³-hybridized carbons (Fsp3) is 0. The largest absolute Gasteiger partial charge is 0.462 e. The lowest BCUT2D eigenvalue weighted by atomic mass is 10.3. The number of rotatable bonds is 0. The Hall–Kier alpha value is -1.96. The van der Waals surface area contributed by atoms with Gasteiger partial charge in [0.2, 0.25) is 0 Å². The molecule has 1 heterocycles. The quantitative estimate of drug-likeness (QED) is 0.406. The number of nitrogens with one attached hydrogen (secondary N) is 2. The predicted molar refractivity (Wildman–Crippen MR) is 36.5 cm³/mol. The summed E-state index contributed by atoms with van der Waals surface area (Å²) in [5.41, 5.74) is -1.19. The number of aromatic amines is 2. The highest BCUT2D eigenvalue weighted by Crippen LogP contribution is 1.76. The molecule has 0 unspecified atom stereocenters. The molecule has 0 aromatic carbocycles. The summed E-state index contributed by atoms with van der Waals surface area (Å²) in [5, 5.41) is 8.11.